The predicted molar refractivity (Wildman–Crippen MR) is 431 cm³/mol. The van der Waals surface area contributed by atoms with Gasteiger partial charge in [0.2, 0.25) is 0 Å². The molecule has 1 unspecified atom stereocenters. The van der Waals surface area contributed by atoms with E-state index in [4.69, 9.17) is 8.83 Å². The fourth-order valence-electron chi connectivity index (χ4n) is 19.2. The zero-order valence-corrected chi connectivity index (χ0v) is 56.9. The van der Waals surface area contributed by atoms with E-state index in [9.17, 15) is 0 Å². The maximum Gasteiger partial charge on any atom is 0.135 e. The van der Waals surface area contributed by atoms with Crippen LogP contribution in [0.25, 0.3) is 127 Å². The van der Waals surface area contributed by atoms with Crippen LogP contribution in [0.1, 0.15) is 44.9 Å². The summed E-state index contributed by atoms with van der Waals surface area (Å²) in [5.74, 6) is 1.95. The van der Waals surface area contributed by atoms with Crippen molar-refractivity contribution in [2.75, 3.05) is 9.80 Å². The lowest BCUT2D eigenvalue weighted by Gasteiger charge is -2.34. The number of anilines is 6. The molecule has 105 heavy (non-hydrogen) atoms. The number of furan rings is 2. The molecular weight excluding hydrogens is 1280 g/mol. The monoisotopic (exact) mass is 1340 g/mol. The van der Waals surface area contributed by atoms with Crippen LogP contribution < -0.4 is 9.80 Å². The van der Waals surface area contributed by atoms with Gasteiger partial charge in [-0.15, -0.1) is 0 Å². The van der Waals surface area contributed by atoms with Gasteiger partial charge in [0, 0.05) is 71.9 Å². The standard InChI is InChI=1S/C100H61N3O2/c1-3-26-67(27-4-1)101(89-45-22-37-76-74-33-11-17-40-83(74)100(96(76)89)84-41-18-12-34-77(84)93-78-35-13-19-46-91(78)104-97(93)100)70-57-59-87-80(61-70)75-58-54-66(60-90(75)103(87)68-28-5-2-6-29-68)64-50-48-62(49-51-64)63-52-55-69(56-53-63)102(86-43-21-25-65-24-7-8-30-71(65)86)88-44-23-42-85-95(88)94-79-36-14-20-47-92(79)105-98(94)99(85)81-38-15-9-31-72(81)73-32-10-16-39-82(73)99/h1-61H. The van der Waals surface area contributed by atoms with Gasteiger partial charge in [0.15, 0.2) is 0 Å². The Morgan fingerprint density at radius 3 is 1.42 bits per heavy atom. The molecule has 23 rings (SSSR count). The minimum Gasteiger partial charge on any atom is -0.459 e. The van der Waals surface area contributed by atoms with Gasteiger partial charge in [-0.1, -0.05) is 279 Å². The Hall–Kier alpha value is -13.7. The third kappa shape index (κ3) is 7.85. The van der Waals surface area contributed by atoms with E-state index in [1.807, 2.05) is 0 Å². The van der Waals surface area contributed by atoms with Crippen LogP contribution in [0.3, 0.4) is 0 Å². The van der Waals surface area contributed by atoms with E-state index in [0.29, 0.717) is 0 Å². The first-order chi connectivity index (χ1) is 52.1. The Morgan fingerprint density at radius 2 is 0.714 bits per heavy atom. The topological polar surface area (TPSA) is 37.7 Å². The van der Waals surface area contributed by atoms with E-state index in [2.05, 4.69) is 384 Å². The Morgan fingerprint density at radius 1 is 0.248 bits per heavy atom. The van der Waals surface area contributed by atoms with Crippen molar-refractivity contribution in [1.29, 1.82) is 0 Å². The molecule has 19 aromatic rings. The third-order valence-electron chi connectivity index (χ3n) is 23.4. The average Bonchev–Trinajstić information content (AvgIpc) is 1.50. The van der Waals surface area contributed by atoms with E-state index in [-0.39, 0.29) is 0 Å². The van der Waals surface area contributed by atoms with Gasteiger partial charge in [0.1, 0.15) is 33.5 Å². The van der Waals surface area contributed by atoms with Crippen LogP contribution in [-0.4, -0.2) is 4.57 Å². The summed E-state index contributed by atoms with van der Waals surface area (Å²) in [6.45, 7) is 0. The van der Waals surface area contributed by atoms with Crippen LogP contribution in [0.5, 0.6) is 0 Å². The van der Waals surface area contributed by atoms with E-state index in [0.717, 1.165) is 112 Å². The Bertz CT molecular complexity index is 6800. The lowest BCUT2D eigenvalue weighted by atomic mass is 9.72. The summed E-state index contributed by atoms with van der Waals surface area (Å²) in [5, 5.41) is 6.94. The summed E-state index contributed by atoms with van der Waals surface area (Å²) in [6.07, 6.45) is 0. The van der Waals surface area contributed by atoms with Crippen molar-refractivity contribution < 1.29 is 8.83 Å². The van der Waals surface area contributed by atoms with Gasteiger partial charge < -0.3 is 23.2 Å². The summed E-state index contributed by atoms with van der Waals surface area (Å²) in [4.78, 5) is 4.98. The number of hydrogen-bond acceptors (Lipinski definition) is 4. The Labute approximate surface area is 606 Å². The second kappa shape index (κ2) is 21.9. The van der Waals surface area contributed by atoms with Crippen LogP contribution in [0.4, 0.5) is 34.1 Å². The van der Waals surface area contributed by atoms with Crippen LogP contribution in [0.15, 0.2) is 379 Å². The number of aromatic nitrogens is 1. The van der Waals surface area contributed by atoms with Gasteiger partial charge in [0.05, 0.1) is 28.1 Å². The molecule has 488 valence electrons. The zero-order valence-electron chi connectivity index (χ0n) is 56.9. The largest absolute Gasteiger partial charge is 0.459 e. The lowest BCUT2D eigenvalue weighted by Crippen LogP contribution is -2.28. The Kier molecular flexibility index (Phi) is 12.1. The van der Waals surface area contributed by atoms with E-state index in [1.54, 1.807) is 0 Å². The first kappa shape index (κ1) is 58.0. The molecule has 3 aromatic heterocycles. The predicted octanol–water partition coefficient (Wildman–Crippen LogP) is 26.4. The van der Waals surface area contributed by atoms with Gasteiger partial charge >= 0.3 is 0 Å². The van der Waals surface area contributed by atoms with Crippen molar-refractivity contribution >= 4 is 88.6 Å². The minimum absolute atomic E-state index is 0.661. The van der Waals surface area contributed by atoms with Crippen molar-refractivity contribution in [2.45, 2.75) is 10.8 Å². The van der Waals surface area contributed by atoms with Crippen LogP contribution in [0, 0.1) is 0 Å². The van der Waals surface area contributed by atoms with Crippen molar-refractivity contribution in [1.82, 2.24) is 4.57 Å². The van der Waals surface area contributed by atoms with Gasteiger partial charge in [-0.3, -0.25) is 0 Å². The molecule has 0 fully saturated rings. The highest BCUT2D eigenvalue weighted by Crippen LogP contribution is 2.69. The number of rotatable bonds is 9. The summed E-state index contributed by atoms with van der Waals surface area (Å²) in [7, 11) is 0. The van der Waals surface area contributed by atoms with E-state index < -0.39 is 10.8 Å². The Balaban J connectivity index is 0.640. The minimum atomic E-state index is -0.733. The van der Waals surface area contributed by atoms with E-state index >= 15 is 0 Å². The van der Waals surface area contributed by atoms with E-state index in [1.165, 1.54) is 93.9 Å². The van der Waals surface area contributed by atoms with Crippen LogP contribution in [0.2, 0.25) is 0 Å². The van der Waals surface area contributed by atoms with Gasteiger partial charge in [-0.25, -0.2) is 0 Å². The highest BCUT2D eigenvalue weighted by atomic mass is 16.3. The third-order valence-corrected chi connectivity index (χ3v) is 23.4. The summed E-state index contributed by atoms with van der Waals surface area (Å²) < 4.78 is 17.0. The number of para-hydroxylation sites is 4. The molecule has 16 aromatic carbocycles. The normalized spacial score (nSPS) is 14.4. The van der Waals surface area contributed by atoms with Gasteiger partial charge in [-0.2, -0.15) is 0 Å². The van der Waals surface area contributed by atoms with Crippen molar-refractivity contribution in [3.05, 3.63) is 415 Å². The van der Waals surface area contributed by atoms with Crippen LogP contribution >= 0.6 is 0 Å². The highest BCUT2D eigenvalue weighted by Gasteiger charge is 2.58. The second-order valence-electron chi connectivity index (χ2n) is 28.4. The molecule has 0 bridgehead atoms. The van der Waals surface area contributed by atoms with Crippen molar-refractivity contribution in [3.63, 3.8) is 0 Å². The maximum atomic E-state index is 7.28. The SMILES string of the molecule is c1ccc(N(c2ccc3c(c2)c2ccc(-c4ccc(-c5ccc(N(c6cccc7c6-c6c(oc8ccccc68)C76c7ccccc7-c7ccccc76)c6cccc7ccccc67)cc5)cc4)cc2n3-c2ccccc2)c2cccc3c2C2(c4ccccc4-3)c3ccccc3-c3c2oc2ccccc32)cc1. The van der Waals surface area contributed by atoms with Gasteiger partial charge in [-0.05, 0) is 174 Å². The summed E-state index contributed by atoms with van der Waals surface area (Å²) in [5.41, 5.74) is 31.9. The molecule has 0 saturated carbocycles. The molecule has 0 aliphatic heterocycles. The van der Waals surface area contributed by atoms with Gasteiger partial charge in [0.25, 0.3) is 0 Å². The molecule has 3 heterocycles. The second-order valence-corrected chi connectivity index (χ2v) is 28.4. The molecule has 0 radical (unpaired) electrons. The first-order valence-corrected chi connectivity index (χ1v) is 36.3. The van der Waals surface area contributed by atoms with Crippen molar-refractivity contribution in [3.8, 4) is 72.4 Å². The van der Waals surface area contributed by atoms with Crippen LogP contribution in [-0.2, 0) is 10.8 Å². The lowest BCUT2D eigenvalue weighted by molar-refractivity contribution is 0.506. The molecule has 5 heteroatoms. The molecule has 0 amide bonds. The molecule has 0 N–H and O–H groups in total. The molecule has 1 atom stereocenters. The molecule has 0 saturated heterocycles. The molecule has 2 spiro atoms. The fourth-order valence-corrected chi connectivity index (χ4v) is 19.2. The molecular formula is C100H61N3O2. The highest BCUT2D eigenvalue weighted by molar-refractivity contribution is 6.14. The quantitative estimate of drug-likeness (QED) is 0.144. The zero-order chi connectivity index (χ0) is 68.6. The molecule has 5 nitrogen and oxygen atoms in total. The number of benzene rings is 16. The number of fused-ring (bicyclic) bond motifs is 28. The summed E-state index contributed by atoms with van der Waals surface area (Å²) in [6, 6.07) is 136. The molecule has 4 aliphatic rings. The number of nitrogens with zero attached hydrogens (tertiary/aromatic N) is 3. The molecule has 4 aliphatic carbocycles. The maximum absolute atomic E-state index is 7.28. The smallest absolute Gasteiger partial charge is 0.135 e. The summed E-state index contributed by atoms with van der Waals surface area (Å²) >= 11 is 0. The fraction of sp³-hybridized carbons (Fsp3) is 0.0200. The number of hydrogen-bond donors (Lipinski definition) is 0. The average molecular weight is 1340 g/mol. The first-order valence-electron chi connectivity index (χ1n) is 36.3. The van der Waals surface area contributed by atoms with Crippen molar-refractivity contribution in [2.24, 2.45) is 0 Å².